The van der Waals surface area contributed by atoms with E-state index in [4.69, 9.17) is 15.0 Å². The summed E-state index contributed by atoms with van der Waals surface area (Å²) in [6.45, 7) is 5.59. The molecule has 6 nitrogen and oxygen atoms in total. The van der Waals surface area contributed by atoms with Gasteiger partial charge in [0.2, 0.25) is 0 Å². The van der Waals surface area contributed by atoms with Gasteiger partial charge in [-0.05, 0) is 20.8 Å². The largest absolute Gasteiger partial charge is 0.466 e. The van der Waals surface area contributed by atoms with E-state index in [-0.39, 0.29) is 25.2 Å². The second kappa shape index (κ2) is 4.96. The van der Waals surface area contributed by atoms with Crippen molar-refractivity contribution in [3.63, 3.8) is 0 Å². The molecule has 1 aliphatic heterocycles. The van der Waals surface area contributed by atoms with Crippen LogP contribution in [0.4, 0.5) is 0 Å². The molecule has 0 aromatic rings. The standard InChI is InChI=1S/C11H18N2O4/c1-4-16-8(14)7-11(15)5-6-17-10(2,3)9(11)13-12/h15H,4-7H2,1-3H3. The molecule has 0 aromatic carbocycles. The molecule has 1 atom stereocenters. The molecular weight excluding hydrogens is 224 g/mol. The quantitative estimate of drug-likeness (QED) is 0.444. The highest BCUT2D eigenvalue weighted by Crippen LogP contribution is 2.31. The average molecular weight is 242 g/mol. The first-order valence-corrected chi connectivity index (χ1v) is 5.60. The molecule has 17 heavy (non-hydrogen) atoms. The molecule has 6 heteroatoms. The third kappa shape index (κ3) is 2.91. The average Bonchev–Trinajstić information content (AvgIpc) is 2.15. The van der Waals surface area contributed by atoms with E-state index in [0.29, 0.717) is 6.61 Å². The van der Waals surface area contributed by atoms with Crippen LogP contribution < -0.4 is 0 Å². The van der Waals surface area contributed by atoms with Gasteiger partial charge in [0.05, 0.1) is 19.6 Å². The lowest BCUT2D eigenvalue weighted by Crippen LogP contribution is -2.57. The SMILES string of the molecule is CCOC(=O)CC1(O)CCOC(C)(C)C1=[N+]=[N-]. The molecule has 1 rings (SSSR count). The van der Waals surface area contributed by atoms with Gasteiger partial charge in [0.1, 0.15) is 0 Å². The second-order valence-corrected chi connectivity index (χ2v) is 4.57. The van der Waals surface area contributed by atoms with E-state index < -0.39 is 17.2 Å². The van der Waals surface area contributed by atoms with Crippen LogP contribution in [-0.4, -0.2) is 46.0 Å². The Kier molecular flexibility index (Phi) is 4.03. The van der Waals surface area contributed by atoms with Crippen LogP contribution in [0, 0.1) is 0 Å². The third-order valence-electron chi connectivity index (χ3n) is 2.83. The second-order valence-electron chi connectivity index (χ2n) is 4.57. The summed E-state index contributed by atoms with van der Waals surface area (Å²) in [4.78, 5) is 14.5. The predicted molar refractivity (Wildman–Crippen MR) is 59.5 cm³/mol. The molecule has 0 radical (unpaired) electrons. The fraction of sp³-hybridized carbons (Fsp3) is 0.818. The number of carbonyl (C=O) groups excluding carboxylic acids is 1. The van der Waals surface area contributed by atoms with Gasteiger partial charge >= 0.3 is 11.7 Å². The lowest BCUT2D eigenvalue weighted by atomic mass is 9.80. The Labute approximate surface area is 100 Å². The van der Waals surface area contributed by atoms with E-state index in [0.717, 1.165) is 0 Å². The van der Waals surface area contributed by atoms with Crippen LogP contribution in [0.1, 0.15) is 33.6 Å². The van der Waals surface area contributed by atoms with E-state index in [2.05, 4.69) is 4.79 Å². The lowest BCUT2D eigenvalue weighted by Gasteiger charge is -2.35. The van der Waals surface area contributed by atoms with Crippen LogP contribution in [0.2, 0.25) is 0 Å². The highest BCUT2D eigenvalue weighted by molar-refractivity contribution is 5.97. The van der Waals surface area contributed by atoms with Crippen molar-refractivity contribution in [3.05, 3.63) is 5.53 Å². The molecule has 1 unspecified atom stereocenters. The molecule has 0 spiro atoms. The molecule has 1 aliphatic rings. The first-order valence-electron chi connectivity index (χ1n) is 5.60. The number of aliphatic hydroxyl groups is 1. The zero-order valence-electron chi connectivity index (χ0n) is 10.4. The Morgan fingerprint density at radius 3 is 2.82 bits per heavy atom. The number of hydrogen-bond donors (Lipinski definition) is 1. The maximum atomic E-state index is 11.4. The lowest BCUT2D eigenvalue weighted by molar-refractivity contribution is -0.154. The zero-order chi connectivity index (χ0) is 13.1. The van der Waals surface area contributed by atoms with Gasteiger partial charge in [-0.15, -0.1) is 0 Å². The number of rotatable bonds is 3. The molecule has 0 saturated carbocycles. The van der Waals surface area contributed by atoms with Gasteiger partial charge < -0.3 is 20.1 Å². The van der Waals surface area contributed by atoms with Gasteiger partial charge in [-0.25, -0.2) is 0 Å². The van der Waals surface area contributed by atoms with Crippen LogP contribution in [0.5, 0.6) is 0 Å². The minimum absolute atomic E-state index is 0.0595. The number of ether oxygens (including phenoxy) is 2. The Morgan fingerprint density at radius 1 is 1.65 bits per heavy atom. The van der Waals surface area contributed by atoms with Crippen LogP contribution in [-0.2, 0) is 14.3 Å². The summed E-state index contributed by atoms with van der Waals surface area (Å²) in [5.41, 5.74) is 6.67. The predicted octanol–water partition coefficient (Wildman–Crippen LogP) is 0.540. The zero-order valence-corrected chi connectivity index (χ0v) is 10.4. The summed E-state index contributed by atoms with van der Waals surface area (Å²) in [7, 11) is 0. The fourth-order valence-corrected chi connectivity index (χ4v) is 2.06. The van der Waals surface area contributed by atoms with Crippen molar-refractivity contribution < 1.29 is 24.2 Å². The first-order chi connectivity index (χ1) is 7.85. The third-order valence-corrected chi connectivity index (χ3v) is 2.83. The normalized spacial score (nSPS) is 27.4. The summed E-state index contributed by atoms with van der Waals surface area (Å²) in [5, 5.41) is 10.4. The topological polar surface area (TPSA) is 92.2 Å². The van der Waals surface area contributed by atoms with Crippen LogP contribution in [0.25, 0.3) is 5.53 Å². The van der Waals surface area contributed by atoms with Crippen molar-refractivity contribution in [3.8, 4) is 0 Å². The number of esters is 1. The molecule has 1 N–H and O–H groups in total. The van der Waals surface area contributed by atoms with Crippen molar-refractivity contribution in [1.82, 2.24) is 0 Å². The molecule has 0 aromatic heterocycles. The van der Waals surface area contributed by atoms with Crippen molar-refractivity contribution in [1.29, 1.82) is 0 Å². The molecule has 1 saturated heterocycles. The van der Waals surface area contributed by atoms with Gasteiger partial charge in [0.25, 0.3) is 0 Å². The van der Waals surface area contributed by atoms with Gasteiger partial charge in [-0.1, -0.05) is 0 Å². The van der Waals surface area contributed by atoms with Gasteiger partial charge in [-0.2, -0.15) is 4.79 Å². The fourth-order valence-electron chi connectivity index (χ4n) is 2.06. The van der Waals surface area contributed by atoms with E-state index >= 15 is 0 Å². The van der Waals surface area contributed by atoms with Crippen molar-refractivity contribution >= 4 is 11.7 Å². The minimum Gasteiger partial charge on any atom is -0.466 e. The molecular formula is C11H18N2O4. The highest BCUT2D eigenvalue weighted by atomic mass is 16.5. The summed E-state index contributed by atoms with van der Waals surface area (Å²) in [6, 6.07) is 0. The highest BCUT2D eigenvalue weighted by Gasteiger charge is 2.54. The summed E-state index contributed by atoms with van der Waals surface area (Å²) in [6.07, 6.45) is -0.0261. The van der Waals surface area contributed by atoms with Crippen molar-refractivity contribution in [2.45, 2.75) is 44.8 Å². The van der Waals surface area contributed by atoms with Crippen LogP contribution in [0.15, 0.2) is 0 Å². The Hall–Kier alpha value is -1.23. The van der Waals surface area contributed by atoms with E-state index in [9.17, 15) is 9.90 Å². The molecule has 1 heterocycles. The molecule has 0 aliphatic carbocycles. The maximum Gasteiger partial charge on any atom is 0.331 e. The van der Waals surface area contributed by atoms with Gasteiger partial charge in [0.15, 0.2) is 11.2 Å². The summed E-state index contributed by atoms with van der Waals surface area (Å²) < 4.78 is 10.2. The monoisotopic (exact) mass is 242 g/mol. The van der Waals surface area contributed by atoms with E-state index in [1.807, 2.05) is 0 Å². The van der Waals surface area contributed by atoms with Crippen LogP contribution >= 0.6 is 0 Å². The number of nitrogens with zero attached hydrogens (tertiary/aromatic N) is 2. The van der Waals surface area contributed by atoms with E-state index in [1.54, 1.807) is 20.8 Å². The summed E-state index contributed by atoms with van der Waals surface area (Å²) >= 11 is 0. The van der Waals surface area contributed by atoms with Crippen molar-refractivity contribution in [2.75, 3.05) is 13.2 Å². The maximum absolute atomic E-state index is 11.4. The van der Waals surface area contributed by atoms with Gasteiger partial charge in [0, 0.05) is 6.42 Å². The Bertz CT molecular complexity index is 360. The van der Waals surface area contributed by atoms with Crippen molar-refractivity contribution in [2.24, 2.45) is 0 Å². The first kappa shape index (κ1) is 13.8. The summed E-state index contributed by atoms with van der Waals surface area (Å²) in [5.74, 6) is -0.520. The number of carbonyl (C=O) groups is 1. The smallest absolute Gasteiger partial charge is 0.331 e. The minimum atomic E-state index is -1.50. The Balaban J connectivity index is 2.93. The molecule has 96 valence electrons. The molecule has 1 fully saturated rings. The van der Waals surface area contributed by atoms with Gasteiger partial charge in [-0.3, -0.25) is 4.79 Å². The molecule has 0 bridgehead atoms. The van der Waals surface area contributed by atoms with Crippen LogP contribution in [0.3, 0.4) is 0 Å². The number of hydrogen-bond acceptors (Lipinski definition) is 4. The van der Waals surface area contributed by atoms with E-state index in [1.165, 1.54) is 0 Å². The molecule has 0 amide bonds. The Morgan fingerprint density at radius 2 is 2.29 bits per heavy atom.